The van der Waals surface area contributed by atoms with Crippen molar-refractivity contribution in [3.8, 4) is 11.8 Å². The van der Waals surface area contributed by atoms with Gasteiger partial charge in [-0.3, -0.25) is 0 Å². The Bertz CT molecular complexity index is 116. The normalized spacial score (nSPS) is 11.9. The Morgan fingerprint density at radius 1 is 1.40 bits per heavy atom. The van der Waals surface area contributed by atoms with Crippen molar-refractivity contribution in [2.45, 2.75) is 45.6 Å². The Morgan fingerprint density at radius 3 is 2.60 bits per heavy atom. The maximum atomic E-state index is 8.74. The molecule has 0 amide bonds. The van der Waals surface area contributed by atoms with E-state index in [2.05, 4.69) is 18.8 Å². The van der Waals surface area contributed by atoms with E-state index in [-0.39, 0.29) is 0 Å². The molecule has 0 aliphatic rings. The van der Waals surface area contributed by atoms with Crippen molar-refractivity contribution < 1.29 is 5.11 Å². The zero-order chi connectivity index (χ0) is 7.82. The quantitative estimate of drug-likeness (QED) is 0.469. The van der Waals surface area contributed by atoms with Gasteiger partial charge in [-0.2, -0.15) is 0 Å². The molecule has 0 saturated heterocycles. The Hall–Kier alpha value is -0.480. The van der Waals surface area contributed by atoms with E-state index < -0.39 is 6.10 Å². The molecule has 0 rings (SSSR count). The number of unbranched alkanes of at least 4 members (excludes halogenated alkanes) is 3. The summed E-state index contributed by atoms with van der Waals surface area (Å²) in [4.78, 5) is 0. The predicted octanol–water partition coefficient (Wildman–Crippen LogP) is 1.95. The first-order valence-corrected chi connectivity index (χ1v) is 3.93. The van der Waals surface area contributed by atoms with Crippen LogP contribution in [0.1, 0.15) is 39.5 Å². The van der Waals surface area contributed by atoms with Crippen molar-refractivity contribution in [3.63, 3.8) is 0 Å². The van der Waals surface area contributed by atoms with Gasteiger partial charge < -0.3 is 5.11 Å². The second kappa shape index (κ2) is 6.64. The molecule has 0 aliphatic heterocycles. The molecule has 1 heteroatoms. The average Bonchev–Trinajstić information content (AvgIpc) is 1.87. The maximum absolute atomic E-state index is 8.74. The largest absolute Gasteiger partial charge is 0.381 e. The lowest BCUT2D eigenvalue weighted by Gasteiger charge is -1.89. The van der Waals surface area contributed by atoms with Crippen molar-refractivity contribution in [2.75, 3.05) is 0 Å². The van der Waals surface area contributed by atoms with Gasteiger partial charge in [0.2, 0.25) is 0 Å². The Labute approximate surface area is 63.5 Å². The molecule has 0 heterocycles. The second-order valence-electron chi connectivity index (χ2n) is 2.45. The van der Waals surface area contributed by atoms with Crippen LogP contribution in [0.3, 0.4) is 0 Å². The summed E-state index contributed by atoms with van der Waals surface area (Å²) in [7, 11) is 0. The first kappa shape index (κ1) is 9.52. The monoisotopic (exact) mass is 140 g/mol. The summed E-state index contributed by atoms with van der Waals surface area (Å²) < 4.78 is 0. The highest BCUT2D eigenvalue weighted by molar-refractivity contribution is 5.02. The molecule has 1 atom stereocenters. The van der Waals surface area contributed by atoms with Gasteiger partial charge in [-0.15, -0.1) is 5.92 Å². The number of aliphatic hydroxyl groups is 1. The smallest absolute Gasteiger partial charge is 0.111 e. The van der Waals surface area contributed by atoms with Gasteiger partial charge in [0.15, 0.2) is 0 Å². The van der Waals surface area contributed by atoms with E-state index in [9.17, 15) is 0 Å². The van der Waals surface area contributed by atoms with Gasteiger partial charge in [0.1, 0.15) is 6.10 Å². The van der Waals surface area contributed by atoms with Crippen LogP contribution in [-0.4, -0.2) is 11.2 Å². The highest BCUT2D eigenvalue weighted by atomic mass is 16.3. The summed E-state index contributed by atoms with van der Waals surface area (Å²) in [5.74, 6) is 5.63. The van der Waals surface area contributed by atoms with E-state index in [1.807, 2.05) is 0 Å². The predicted molar refractivity (Wildman–Crippen MR) is 43.6 cm³/mol. The number of aliphatic hydroxyl groups excluding tert-OH is 1. The highest BCUT2D eigenvalue weighted by Crippen LogP contribution is 1.96. The lowest BCUT2D eigenvalue weighted by molar-refractivity contribution is 0.253. The van der Waals surface area contributed by atoms with Crippen molar-refractivity contribution >= 4 is 0 Å². The lowest BCUT2D eigenvalue weighted by Crippen LogP contribution is -1.92. The molecule has 1 unspecified atom stereocenters. The van der Waals surface area contributed by atoms with Crippen molar-refractivity contribution in [1.82, 2.24) is 0 Å². The zero-order valence-corrected chi connectivity index (χ0v) is 6.85. The van der Waals surface area contributed by atoms with Crippen molar-refractivity contribution in [2.24, 2.45) is 0 Å². The molecule has 0 aliphatic carbocycles. The first-order valence-electron chi connectivity index (χ1n) is 3.93. The standard InChI is InChI=1S/C9H16O/c1-3-4-5-6-7-8-9(2)10/h9-10H,3-6H2,1-2H3. The summed E-state index contributed by atoms with van der Waals surface area (Å²) in [5.41, 5.74) is 0. The van der Waals surface area contributed by atoms with E-state index in [1.54, 1.807) is 6.92 Å². The van der Waals surface area contributed by atoms with E-state index >= 15 is 0 Å². The van der Waals surface area contributed by atoms with Gasteiger partial charge in [-0.05, 0) is 13.3 Å². The molecule has 0 radical (unpaired) electrons. The molecule has 1 nitrogen and oxygen atoms in total. The van der Waals surface area contributed by atoms with Gasteiger partial charge in [0.25, 0.3) is 0 Å². The third-order valence-corrected chi connectivity index (χ3v) is 1.22. The Kier molecular flexibility index (Phi) is 6.32. The number of hydrogen-bond acceptors (Lipinski definition) is 1. The summed E-state index contributed by atoms with van der Waals surface area (Å²) in [6, 6.07) is 0. The Balaban J connectivity index is 3.12. The SMILES string of the molecule is CCCCCC#CC(C)O. The minimum Gasteiger partial charge on any atom is -0.381 e. The van der Waals surface area contributed by atoms with Crippen LogP contribution in [0.4, 0.5) is 0 Å². The fraction of sp³-hybridized carbons (Fsp3) is 0.778. The number of hydrogen-bond donors (Lipinski definition) is 1. The molecular weight excluding hydrogens is 124 g/mol. The molecule has 0 aromatic heterocycles. The zero-order valence-electron chi connectivity index (χ0n) is 6.85. The third kappa shape index (κ3) is 7.52. The van der Waals surface area contributed by atoms with E-state index in [0.717, 1.165) is 12.8 Å². The fourth-order valence-corrected chi connectivity index (χ4v) is 0.683. The summed E-state index contributed by atoms with van der Waals surface area (Å²) >= 11 is 0. The van der Waals surface area contributed by atoms with E-state index in [1.165, 1.54) is 12.8 Å². The summed E-state index contributed by atoms with van der Waals surface area (Å²) in [5, 5.41) is 8.74. The van der Waals surface area contributed by atoms with Gasteiger partial charge in [-0.25, -0.2) is 0 Å². The molecule has 0 saturated carbocycles. The molecule has 10 heavy (non-hydrogen) atoms. The molecule has 0 aromatic rings. The fourth-order valence-electron chi connectivity index (χ4n) is 0.683. The molecule has 1 N–H and O–H groups in total. The summed E-state index contributed by atoms with van der Waals surface area (Å²) in [6.07, 6.45) is 4.11. The van der Waals surface area contributed by atoms with Crippen LogP contribution in [0.25, 0.3) is 0 Å². The van der Waals surface area contributed by atoms with Gasteiger partial charge >= 0.3 is 0 Å². The van der Waals surface area contributed by atoms with Gasteiger partial charge in [0.05, 0.1) is 0 Å². The number of rotatable bonds is 3. The molecular formula is C9H16O. The van der Waals surface area contributed by atoms with Crippen LogP contribution in [-0.2, 0) is 0 Å². The Morgan fingerprint density at radius 2 is 2.10 bits per heavy atom. The second-order valence-corrected chi connectivity index (χ2v) is 2.45. The van der Waals surface area contributed by atoms with Crippen LogP contribution < -0.4 is 0 Å². The van der Waals surface area contributed by atoms with Crippen molar-refractivity contribution in [3.05, 3.63) is 0 Å². The molecule has 0 bridgehead atoms. The highest BCUT2D eigenvalue weighted by Gasteiger charge is 1.83. The van der Waals surface area contributed by atoms with Crippen LogP contribution in [0.5, 0.6) is 0 Å². The van der Waals surface area contributed by atoms with E-state index in [0.29, 0.717) is 0 Å². The molecule has 0 spiro atoms. The lowest BCUT2D eigenvalue weighted by atomic mass is 10.2. The van der Waals surface area contributed by atoms with Crippen LogP contribution in [0, 0.1) is 11.8 Å². The van der Waals surface area contributed by atoms with E-state index in [4.69, 9.17) is 5.11 Å². The minimum absolute atomic E-state index is 0.457. The third-order valence-electron chi connectivity index (χ3n) is 1.22. The van der Waals surface area contributed by atoms with Gasteiger partial charge in [-0.1, -0.05) is 25.7 Å². The molecule has 58 valence electrons. The van der Waals surface area contributed by atoms with Crippen LogP contribution >= 0.6 is 0 Å². The topological polar surface area (TPSA) is 20.2 Å². The van der Waals surface area contributed by atoms with Crippen molar-refractivity contribution in [1.29, 1.82) is 0 Å². The summed E-state index contributed by atoms with van der Waals surface area (Å²) in [6.45, 7) is 3.86. The minimum atomic E-state index is -0.457. The maximum Gasteiger partial charge on any atom is 0.111 e. The molecule has 0 aromatic carbocycles. The average molecular weight is 140 g/mol. The first-order chi connectivity index (χ1) is 4.77. The van der Waals surface area contributed by atoms with Gasteiger partial charge in [0, 0.05) is 6.42 Å². The van der Waals surface area contributed by atoms with Crippen LogP contribution in [0.2, 0.25) is 0 Å². The molecule has 0 fully saturated rings. The van der Waals surface area contributed by atoms with Crippen LogP contribution in [0.15, 0.2) is 0 Å².